The van der Waals surface area contributed by atoms with Crippen LogP contribution in [0, 0.1) is 5.92 Å². The Hall–Kier alpha value is -2.93. The van der Waals surface area contributed by atoms with Gasteiger partial charge in [-0.15, -0.1) is 0 Å². The summed E-state index contributed by atoms with van der Waals surface area (Å²) in [5.74, 6) is 0.677. The van der Waals surface area contributed by atoms with Gasteiger partial charge >= 0.3 is 0 Å². The smallest absolute Gasteiger partial charge is 0.271 e. The number of amides is 1. The van der Waals surface area contributed by atoms with Crippen molar-refractivity contribution in [3.63, 3.8) is 0 Å². The van der Waals surface area contributed by atoms with E-state index in [2.05, 4.69) is 20.2 Å². The minimum absolute atomic E-state index is 0.0470. The van der Waals surface area contributed by atoms with Crippen LogP contribution < -0.4 is 15.8 Å². The highest BCUT2D eigenvalue weighted by Gasteiger charge is 2.33. The highest BCUT2D eigenvalue weighted by Crippen LogP contribution is 2.33. The van der Waals surface area contributed by atoms with Crippen LogP contribution >= 0.6 is 0 Å². The highest BCUT2D eigenvalue weighted by molar-refractivity contribution is 5.87. The summed E-state index contributed by atoms with van der Waals surface area (Å²) in [6.07, 6.45) is 13.1. The number of nitrogens with zero attached hydrogens (tertiary/aromatic N) is 3. The molecule has 2 fully saturated rings. The number of piperidine rings is 1. The van der Waals surface area contributed by atoms with E-state index in [0.717, 1.165) is 37.1 Å². The maximum absolute atomic E-state index is 12.9. The van der Waals surface area contributed by atoms with E-state index in [9.17, 15) is 9.59 Å². The second kappa shape index (κ2) is 9.92. The molecule has 2 N–H and O–H groups in total. The summed E-state index contributed by atoms with van der Waals surface area (Å²) in [6.45, 7) is 2.96. The molecular weight excluding hydrogens is 390 g/mol. The van der Waals surface area contributed by atoms with Gasteiger partial charge in [0.05, 0.1) is 0 Å². The monoisotopic (exact) mass is 421 g/mol. The number of nitrogens with one attached hydrogen (secondary N) is 2. The number of aromatic nitrogens is 2. The molecule has 7 nitrogen and oxygen atoms in total. The predicted molar refractivity (Wildman–Crippen MR) is 123 cm³/mol. The normalized spacial score (nSPS) is 19.0. The lowest BCUT2D eigenvalue weighted by molar-refractivity contribution is -0.127. The number of H-pyrrole nitrogens is 1. The van der Waals surface area contributed by atoms with Crippen molar-refractivity contribution in [1.82, 2.24) is 20.2 Å². The number of aromatic amines is 1. The number of rotatable bonds is 8. The van der Waals surface area contributed by atoms with Crippen molar-refractivity contribution in [3.8, 4) is 11.1 Å². The zero-order valence-electron chi connectivity index (χ0n) is 18.1. The summed E-state index contributed by atoms with van der Waals surface area (Å²) in [5, 5.41) is 3.02. The van der Waals surface area contributed by atoms with Gasteiger partial charge in [0.15, 0.2) is 0 Å². The minimum atomic E-state index is -0.0733. The van der Waals surface area contributed by atoms with Crippen LogP contribution in [-0.4, -0.2) is 60.0 Å². The van der Waals surface area contributed by atoms with Crippen LogP contribution in [0.25, 0.3) is 11.1 Å². The molecule has 0 radical (unpaired) electrons. The topological polar surface area (TPSA) is 81.3 Å². The molecule has 0 aromatic carbocycles. The van der Waals surface area contributed by atoms with E-state index < -0.39 is 0 Å². The molecule has 0 unspecified atom stereocenters. The first-order valence-corrected chi connectivity index (χ1v) is 11.2. The maximum Gasteiger partial charge on any atom is 0.271 e. The fraction of sp³-hybridized carbons (Fsp3) is 0.458. The van der Waals surface area contributed by atoms with Gasteiger partial charge in [-0.2, -0.15) is 0 Å². The third-order valence-corrected chi connectivity index (χ3v) is 6.09. The first-order chi connectivity index (χ1) is 15.2. The molecule has 3 heterocycles. The van der Waals surface area contributed by atoms with E-state index in [1.54, 1.807) is 24.7 Å². The van der Waals surface area contributed by atoms with Crippen molar-refractivity contribution >= 4 is 11.6 Å². The quantitative estimate of drug-likeness (QED) is 0.640. The average Bonchev–Trinajstić information content (AvgIpc) is 3.63. The summed E-state index contributed by atoms with van der Waals surface area (Å²) >= 11 is 0. The van der Waals surface area contributed by atoms with Crippen LogP contribution in [0.3, 0.4) is 0 Å². The Morgan fingerprint density at radius 1 is 1.29 bits per heavy atom. The fourth-order valence-corrected chi connectivity index (χ4v) is 4.21. The SMILES string of the molecule is CNC/C=C/C(=O)N1CCC[C@@H](N(CC2CC2)c2cc(-c3ccncc3)c[nH]c2=O)C1. The van der Waals surface area contributed by atoms with Gasteiger partial charge in [-0.25, -0.2) is 0 Å². The number of likely N-dealkylation sites (tertiary alicyclic amines) is 1. The van der Waals surface area contributed by atoms with Gasteiger partial charge in [-0.05, 0) is 62.4 Å². The Kier molecular flexibility index (Phi) is 6.82. The number of pyridine rings is 2. The number of carbonyl (C=O) groups excluding carboxylic acids is 1. The van der Waals surface area contributed by atoms with Crippen LogP contribution in [0.4, 0.5) is 5.69 Å². The Morgan fingerprint density at radius 3 is 2.84 bits per heavy atom. The van der Waals surface area contributed by atoms with E-state index in [1.165, 1.54) is 12.8 Å². The molecule has 4 rings (SSSR count). The Balaban J connectivity index is 1.59. The van der Waals surface area contributed by atoms with Gasteiger partial charge in [0.25, 0.3) is 5.56 Å². The third-order valence-electron chi connectivity index (χ3n) is 6.09. The van der Waals surface area contributed by atoms with Crippen molar-refractivity contribution in [2.75, 3.05) is 38.1 Å². The van der Waals surface area contributed by atoms with Gasteiger partial charge in [-0.1, -0.05) is 6.08 Å². The van der Waals surface area contributed by atoms with Gasteiger partial charge in [0, 0.05) is 62.5 Å². The molecule has 1 amide bonds. The zero-order chi connectivity index (χ0) is 21.6. The van der Waals surface area contributed by atoms with Crippen molar-refractivity contribution in [1.29, 1.82) is 0 Å². The van der Waals surface area contributed by atoms with Gasteiger partial charge < -0.3 is 20.1 Å². The van der Waals surface area contributed by atoms with Crippen LogP contribution in [0.1, 0.15) is 25.7 Å². The van der Waals surface area contributed by atoms with E-state index in [-0.39, 0.29) is 17.5 Å². The lowest BCUT2D eigenvalue weighted by Crippen LogP contribution is -2.51. The standard InChI is InChI=1S/C24H31N5O2/c1-25-10-2-5-23(30)28-13-3-4-21(17-28)29(16-18-6-7-18)22-14-20(15-27-24(22)31)19-8-11-26-12-9-19/h2,5,8-9,11-12,14-15,18,21,25H,3-4,6-7,10,13,16-17H2,1H3,(H,27,31)/b5-2+/t21-/m1/s1. The Bertz CT molecular complexity index is 967. The molecule has 2 aromatic rings. The fourth-order valence-electron chi connectivity index (χ4n) is 4.21. The summed E-state index contributed by atoms with van der Waals surface area (Å²) in [4.78, 5) is 36.7. The number of anilines is 1. The highest BCUT2D eigenvalue weighted by atomic mass is 16.2. The molecule has 1 atom stereocenters. The molecule has 1 saturated carbocycles. The lowest BCUT2D eigenvalue weighted by atomic mass is 10.0. The largest absolute Gasteiger partial charge is 0.362 e. The predicted octanol–water partition coefficient (Wildman–Crippen LogP) is 2.42. The molecule has 1 saturated heterocycles. The first kappa shape index (κ1) is 21.3. The molecule has 1 aliphatic carbocycles. The van der Waals surface area contributed by atoms with Crippen LogP contribution in [0.5, 0.6) is 0 Å². The summed E-state index contributed by atoms with van der Waals surface area (Å²) < 4.78 is 0. The van der Waals surface area contributed by atoms with Crippen LogP contribution in [0.15, 0.2) is 53.7 Å². The summed E-state index contributed by atoms with van der Waals surface area (Å²) in [7, 11) is 1.86. The Morgan fingerprint density at radius 2 is 2.10 bits per heavy atom. The number of likely N-dealkylation sites (N-methyl/N-ethyl adjacent to an activating group) is 1. The lowest BCUT2D eigenvalue weighted by Gasteiger charge is -2.40. The molecule has 31 heavy (non-hydrogen) atoms. The van der Waals surface area contributed by atoms with Gasteiger partial charge in [0.1, 0.15) is 5.69 Å². The second-order valence-electron chi connectivity index (χ2n) is 8.47. The molecule has 2 aromatic heterocycles. The van der Waals surface area contributed by atoms with E-state index in [0.29, 0.717) is 24.7 Å². The number of hydrogen-bond donors (Lipinski definition) is 2. The van der Waals surface area contributed by atoms with Crippen molar-refractivity contribution in [3.05, 3.63) is 59.3 Å². The van der Waals surface area contributed by atoms with E-state index >= 15 is 0 Å². The van der Waals surface area contributed by atoms with Gasteiger partial charge in [0.2, 0.25) is 5.91 Å². The van der Waals surface area contributed by atoms with E-state index in [1.807, 2.05) is 36.2 Å². The molecule has 2 aliphatic rings. The van der Waals surface area contributed by atoms with Crippen molar-refractivity contribution < 1.29 is 4.79 Å². The maximum atomic E-state index is 12.9. The molecular formula is C24H31N5O2. The first-order valence-electron chi connectivity index (χ1n) is 11.2. The van der Waals surface area contributed by atoms with Crippen LogP contribution in [-0.2, 0) is 4.79 Å². The van der Waals surface area contributed by atoms with Crippen molar-refractivity contribution in [2.45, 2.75) is 31.7 Å². The zero-order valence-corrected chi connectivity index (χ0v) is 18.1. The summed E-state index contributed by atoms with van der Waals surface area (Å²) in [6, 6.07) is 6.02. The van der Waals surface area contributed by atoms with Gasteiger partial charge in [-0.3, -0.25) is 14.6 Å². The van der Waals surface area contributed by atoms with Crippen molar-refractivity contribution in [2.24, 2.45) is 5.92 Å². The molecule has 0 bridgehead atoms. The molecule has 164 valence electrons. The van der Waals surface area contributed by atoms with Crippen LogP contribution in [0.2, 0.25) is 0 Å². The molecule has 0 spiro atoms. The number of carbonyl (C=O) groups is 1. The summed E-state index contributed by atoms with van der Waals surface area (Å²) in [5.41, 5.74) is 2.62. The second-order valence-corrected chi connectivity index (χ2v) is 8.47. The molecule has 1 aliphatic heterocycles. The third kappa shape index (κ3) is 5.41. The molecule has 7 heteroatoms. The minimum Gasteiger partial charge on any atom is -0.362 e. The average molecular weight is 422 g/mol. The number of hydrogen-bond acceptors (Lipinski definition) is 5. The Labute approximate surface area is 183 Å². The van der Waals surface area contributed by atoms with E-state index in [4.69, 9.17) is 0 Å².